The summed E-state index contributed by atoms with van der Waals surface area (Å²) in [5, 5.41) is 5.90. The fourth-order valence-corrected chi connectivity index (χ4v) is 5.00. The first kappa shape index (κ1) is 27.3. The number of likely N-dealkylation sites (tertiary alicyclic amines) is 1. The molecule has 3 heterocycles. The van der Waals surface area contributed by atoms with Gasteiger partial charge in [0, 0.05) is 30.9 Å². The molecule has 11 heteroatoms. The third-order valence-electron chi connectivity index (χ3n) is 7.59. The number of aromatic nitrogens is 2. The van der Waals surface area contributed by atoms with E-state index in [0.29, 0.717) is 16.9 Å². The number of anilines is 2. The number of benzene rings is 2. The SMILES string of the molecule is COc1cc(C(=O)NC2CCN(C)CC2)c(F)cc1Nc1ncc(C)c(Oc2cccc3c2C(=O)N(C)[C@H]3C)n1. The predicted molar refractivity (Wildman–Crippen MR) is 148 cm³/mol. The predicted octanol–water partition coefficient (Wildman–Crippen LogP) is 4.44. The van der Waals surface area contributed by atoms with E-state index >= 15 is 4.39 Å². The van der Waals surface area contributed by atoms with Crippen LogP contribution in [0.3, 0.4) is 0 Å². The maximum atomic E-state index is 15.1. The van der Waals surface area contributed by atoms with Gasteiger partial charge in [0.1, 0.15) is 17.3 Å². The Morgan fingerprint density at radius 3 is 2.62 bits per heavy atom. The number of methoxy groups -OCH3 is 1. The van der Waals surface area contributed by atoms with Crippen LogP contribution in [-0.2, 0) is 0 Å². The number of fused-ring (bicyclic) bond motifs is 1. The van der Waals surface area contributed by atoms with Crippen molar-refractivity contribution in [1.82, 2.24) is 25.1 Å². The molecular weight excluding hydrogens is 515 g/mol. The lowest BCUT2D eigenvalue weighted by Crippen LogP contribution is -2.43. The lowest BCUT2D eigenvalue weighted by molar-refractivity contribution is 0.0782. The van der Waals surface area contributed by atoms with Gasteiger partial charge in [-0.25, -0.2) is 9.37 Å². The van der Waals surface area contributed by atoms with Crippen molar-refractivity contribution in [2.45, 2.75) is 38.8 Å². The van der Waals surface area contributed by atoms with Gasteiger partial charge in [-0.05, 0) is 64.5 Å². The smallest absolute Gasteiger partial charge is 0.258 e. The Hall–Kier alpha value is -4.25. The van der Waals surface area contributed by atoms with Crippen LogP contribution in [0.25, 0.3) is 0 Å². The molecule has 1 fully saturated rings. The average Bonchev–Trinajstić information content (AvgIpc) is 3.16. The molecule has 0 bridgehead atoms. The van der Waals surface area contributed by atoms with E-state index in [0.717, 1.165) is 31.5 Å². The van der Waals surface area contributed by atoms with Gasteiger partial charge in [0.05, 0.1) is 30.0 Å². The number of ether oxygens (including phenoxy) is 2. The van der Waals surface area contributed by atoms with Crippen molar-refractivity contribution in [2.75, 3.05) is 39.6 Å². The first-order valence-corrected chi connectivity index (χ1v) is 13.2. The van der Waals surface area contributed by atoms with E-state index in [2.05, 4.69) is 25.5 Å². The molecule has 5 rings (SSSR count). The molecule has 1 aromatic heterocycles. The maximum absolute atomic E-state index is 15.1. The molecule has 210 valence electrons. The van der Waals surface area contributed by atoms with Gasteiger partial charge < -0.3 is 29.9 Å². The van der Waals surface area contributed by atoms with Crippen LogP contribution in [0.1, 0.15) is 57.7 Å². The number of nitrogens with zero attached hydrogens (tertiary/aromatic N) is 4. The highest BCUT2D eigenvalue weighted by molar-refractivity contribution is 6.01. The zero-order valence-electron chi connectivity index (χ0n) is 23.2. The minimum Gasteiger partial charge on any atom is -0.495 e. The van der Waals surface area contributed by atoms with Crippen molar-refractivity contribution in [3.8, 4) is 17.4 Å². The molecular formula is C29H33FN6O4. The Labute approximate surface area is 232 Å². The Balaban J connectivity index is 1.36. The van der Waals surface area contributed by atoms with Gasteiger partial charge in [0.2, 0.25) is 11.8 Å². The van der Waals surface area contributed by atoms with E-state index in [9.17, 15) is 9.59 Å². The highest BCUT2D eigenvalue weighted by atomic mass is 19.1. The van der Waals surface area contributed by atoms with Crippen LogP contribution in [0.15, 0.2) is 36.5 Å². The number of hydrogen-bond acceptors (Lipinski definition) is 8. The number of nitrogens with one attached hydrogen (secondary N) is 2. The van der Waals surface area contributed by atoms with E-state index in [4.69, 9.17) is 9.47 Å². The topological polar surface area (TPSA) is 109 Å². The Morgan fingerprint density at radius 1 is 1.15 bits per heavy atom. The molecule has 10 nitrogen and oxygen atoms in total. The van der Waals surface area contributed by atoms with Gasteiger partial charge >= 0.3 is 0 Å². The summed E-state index contributed by atoms with van der Waals surface area (Å²) in [7, 11) is 5.23. The summed E-state index contributed by atoms with van der Waals surface area (Å²) in [4.78, 5) is 38.3. The monoisotopic (exact) mass is 548 g/mol. The van der Waals surface area contributed by atoms with Gasteiger partial charge in [0.15, 0.2) is 0 Å². The highest BCUT2D eigenvalue weighted by Crippen LogP contribution is 2.39. The van der Waals surface area contributed by atoms with E-state index in [-0.39, 0.29) is 46.8 Å². The molecule has 2 aromatic carbocycles. The summed E-state index contributed by atoms with van der Waals surface area (Å²) in [6.07, 6.45) is 3.19. The second-order valence-electron chi connectivity index (χ2n) is 10.3. The maximum Gasteiger partial charge on any atom is 0.258 e. The quantitative estimate of drug-likeness (QED) is 0.446. The fraction of sp³-hybridized carbons (Fsp3) is 0.379. The molecule has 0 saturated carbocycles. The van der Waals surface area contributed by atoms with Crippen LogP contribution in [0.2, 0.25) is 0 Å². The van der Waals surface area contributed by atoms with Crippen LogP contribution < -0.4 is 20.1 Å². The summed E-state index contributed by atoms with van der Waals surface area (Å²) in [6, 6.07) is 7.96. The van der Waals surface area contributed by atoms with E-state index < -0.39 is 11.7 Å². The standard InChI is InChI=1S/C29H33FN6O4/c1-16-15-31-29(34-27(16)40-23-8-6-7-19-17(2)36(4)28(38)25(19)23)33-22-14-21(30)20(13-24(22)39-5)26(37)32-18-9-11-35(3)12-10-18/h6-8,13-15,17-18H,9-12H2,1-5H3,(H,32,37)(H,31,33,34)/t17-/m0/s1. The number of halogens is 1. The average molecular weight is 549 g/mol. The van der Waals surface area contributed by atoms with Crippen molar-refractivity contribution >= 4 is 23.5 Å². The van der Waals surface area contributed by atoms with Crippen molar-refractivity contribution in [3.63, 3.8) is 0 Å². The van der Waals surface area contributed by atoms with Crippen molar-refractivity contribution < 1.29 is 23.5 Å². The van der Waals surface area contributed by atoms with Crippen LogP contribution in [0.5, 0.6) is 17.4 Å². The van der Waals surface area contributed by atoms with Gasteiger partial charge in [-0.2, -0.15) is 4.98 Å². The minimum atomic E-state index is -0.700. The lowest BCUT2D eigenvalue weighted by Gasteiger charge is -2.29. The third kappa shape index (κ3) is 5.29. The molecule has 3 aromatic rings. The summed E-state index contributed by atoms with van der Waals surface area (Å²) < 4.78 is 26.7. The number of rotatable bonds is 7. The fourth-order valence-electron chi connectivity index (χ4n) is 5.00. The Morgan fingerprint density at radius 2 is 1.90 bits per heavy atom. The van der Waals surface area contributed by atoms with Gasteiger partial charge in [0.25, 0.3) is 11.8 Å². The summed E-state index contributed by atoms with van der Waals surface area (Å²) >= 11 is 0. The Bertz CT molecular complexity index is 1460. The zero-order chi connectivity index (χ0) is 28.6. The van der Waals surface area contributed by atoms with Crippen LogP contribution in [0, 0.1) is 12.7 Å². The van der Waals surface area contributed by atoms with Gasteiger partial charge in [-0.1, -0.05) is 12.1 Å². The molecule has 40 heavy (non-hydrogen) atoms. The third-order valence-corrected chi connectivity index (χ3v) is 7.59. The first-order chi connectivity index (χ1) is 19.2. The molecule has 1 saturated heterocycles. The van der Waals surface area contributed by atoms with Crippen molar-refractivity contribution in [3.05, 3.63) is 64.6 Å². The number of amides is 2. The zero-order valence-corrected chi connectivity index (χ0v) is 23.2. The largest absolute Gasteiger partial charge is 0.495 e. The minimum absolute atomic E-state index is 0.00368. The second-order valence-corrected chi connectivity index (χ2v) is 10.3. The molecule has 2 N–H and O–H groups in total. The summed E-state index contributed by atoms with van der Waals surface area (Å²) in [6.45, 7) is 5.50. The second kappa shape index (κ2) is 11.1. The summed E-state index contributed by atoms with van der Waals surface area (Å²) in [5.74, 6) is -0.276. The number of carbonyl (C=O) groups excluding carboxylic acids is 2. The normalized spacial score (nSPS) is 17.5. The van der Waals surface area contributed by atoms with E-state index in [1.807, 2.05) is 26.1 Å². The van der Waals surface area contributed by atoms with Gasteiger partial charge in [-0.15, -0.1) is 0 Å². The number of hydrogen-bond donors (Lipinski definition) is 2. The molecule has 2 aliphatic heterocycles. The molecule has 1 atom stereocenters. The lowest BCUT2D eigenvalue weighted by atomic mass is 10.0. The molecule has 0 spiro atoms. The molecule has 2 aliphatic rings. The van der Waals surface area contributed by atoms with Crippen LogP contribution in [-0.4, -0.2) is 71.9 Å². The van der Waals surface area contributed by atoms with Gasteiger partial charge in [-0.3, -0.25) is 9.59 Å². The van der Waals surface area contributed by atoms with E-state index in [1.165, 1.54) is 19.2 Å². The molecule has 0 radical (unpaired) electrons. The van der Waals surface area contributed by atoms with E-state index in [1.54, 1.807) is 31.1 Å². The Kier molecular flexibility index (Phi) is 7.57. The van der Waals surface area contributed by atoms with Crippen molar-refractivity contribution in [2.24, 2.45) is 0 Å². The molecule has 0 aliphatic carbocycles. The number of aryl methyl sites for hydroxylation is 1. The number of carbonyl (C=O) groups is 2. The van der Waals surface area contributed by atoms with Crippen LogP contribution >= 0.6 is 0 Å². The number of piperidine rings is 1. The first-order valence-electron chi connectivity index (χ1n) is 13.2. The van der Waals surface area contributed by atoms with Crippen LogP contribution in [0.4, 0.5) is 16.0 Å². The molecule has 0 unspecified atom stereocenters. The highest BCUT2D eigenvalue weighted by Gasteiger charge is 2.34. The van der Waals surface area contributed by atoms with Crippen molar-refractivity contribution in [1.29, 1.82) is 0 Å². The molecule has 2 amide bonds. The summed E-state index contributed by atoms with van der Waals surface area (Å²) in [5.41, 5.74) is 2.18.